The standard InChI is InChI=1S/C17H27NO2/c1-7-8-9-13-10-11-14(15(18-13)12(2)3)16(19)20-17(4,5)6/h10-12H,7-9H2,1-6H3. The van der Waals surface area contributed by atoms with Crippen molar-refractivity contribution in [2.45, 2.75) is 72.3 Å². The third kappa shape index (κ3) is 4.95. The first-order valence-corrected chi connectivity index (χ1v) is 7.47. The maximum absolute atomic E-state index is 12.2. The Morgan fingerprint density at radius 2 is 1.95 bits per heavy atom. The van der Waals surface area contributed by atoms with Crippen LogP contribution in [0, 0.1) is 0 Å². The molecule has 0 saturated carbocycles. The largest absolute Gasteiger partial charge is 0.456 e. The average Bonchev–Trinajstić information content (AvgIpc) is 2.33. The fourth-order valence-electron chi connectivity index (χ4n) is 1.96. The van der Waals surface area contributed by atoms with Gasteiger partial charge in [-0.3, -0.25) is 4.98 Å². The van der Waals surface area contributed by atoms with Gasteiger partial charge in [-0.2, -0.15) is 0 Å². The predicted molar refractivity (Wildman–Crippen MR) is 82.1 cm³/mol. The molecule has 0 aliphatic carbocycles. The van der Waals surface area contributed by atoms with Crippen LogP contribution < -0.4 is 0 Å². The lowest BCUT2D eigenvalue weighted by Gasteiger charge is -2.21. The van der Waals surface area contributed by atoms with Crippen LogP contribution in [0.1, 0.15) is 82.0 Å². The first kappa shape index (κ1) is 16.7. The molecule has 3 nitrogen and oxygen atoms in total. The third-order valence-electron chi connectivity index (χ3n) is 2.93. The number of pyridine rings is 1. The van der Waals surface area contributed by atoms with E-state index in [9.17, 15) is 4.79 Å². The van der Waals surface area contributed by atoms with Crippen LogP contribution in [0.25, 0.3) is 0 Å². The van der Waals surface area contributed by atoms with Gasteiger partial charge in [-0.05, 0) is 51.7 Å². The summed E-state index contributed by atoms with van der Waals surface area (Å²) in [6.45, 7) is 11.9. The first-order chi connectivity index (χ1) is 9.24. The Labute approximate surface area is 122 Å². The van der Waals surface area contributed by atoms with E-state index in [2.05, 4.69) is 25.8 Å². The molecular formula is C17H27NO2. The Balaban J connectivity index is 3.04. The molecular weight excluding hydrogens is 250 g/mol. The molecule has 0 fully saturated rings. The summed E-state index contributed by atoms with van der Waals surface area (Å²) in [6, 6.07) is 3.81. The molecule has 0 unspecified atom stereocenters. The Morgan fingerprint density at radius 3 is 2.45 bits per heavy atom. The zero-order valence-electron chi connectivity index (χ0n) is 13.6. The highest BCUT2D eigenvalue weighted by Crippen LogP contribution is 2.21. The SMILES string of the molecule is CCCCc1ccc(C(=O)OC(C)(C)C)c(C(C)C)n1. The van der Waals surface area contributed by atoms with E-state index in [-0.39, 0.29) is 11.9 Å². The van der Waals surface area contributed by atoms with Crippen molar-refractivity contribution in [3.8, 4) is 0 Å². The van der Waals surface area contributed by atoms with Crippen LogP contribution in [0.2, 0.25) is 0 Å². The number of hydrogen-bond donors (Lipinski definition) is 0. The molecule has 0 N–H and O–H groups in total. The van der Waals surface area contributed by atoms with Gasteiger partial charge in [0.2, 0.25) is 0 Å². The molecule has 1 heterocycles. The van der Waals surface area contributed by atoms with E-state index in [1.807, 2.05) is 32.9 Å². The van der Waals surface area contributed by atoms with E-state index in [0.717, 1.165) is 30.7 Å². The van der Waals surface area contributed by atoms with Crippen molar-refractivity contribution in [2.24, 2.45) is 0 Å². The van der Waals surface area contributed by atoms with E-state index in [4.69, 9.17) is 4.74 Å². The molecule has 0 spiro atoms. The Hall–Kier alpha value is -1.38. The minimum Gasteiger partial charge on any atom is -0.456 e. The Kier molecular flexibility index (Phi) is 5.73. The molecule has 1 aromatic rings. The van der Waals surface area contributed by atoms with Crippen molar-refractivity contribution >= 4 is 5.97 Å². The summed E-state index contributed by atoms with van der Waals surface area (Å²) in [5, 5.41) is 0. The van der Waals surface area contributed by atoms with Crippen molar-refractivity contribution in [3.63, 3.8) is 0 Å². The highest BCUT2D eigenvalue weighted by atomic mass is 16.6. The topological polar surface area (TPSA) is 39.2 Å². The number of aryl methyl sites for hydroxylation is 1. The number of ether oxygens (including phenoxy) is 1. The first-order valence-electron chi connectivity index (χ1n) is 7.47. The average molecular weight is 277 g/mol. The lowest BCUT2D eigenvalue weighted by atomic mass is 10.0. The van der Waals surface area contributed by atoms with Crippen LogP contribution >= 0.6 is 0 Å². The number of esters is 1. The van der Waals surface area contributed by atoms with Gasteiger partial charge in [-0.15, -0.1) is 0 Å². The fourth-order valence-corrected chi connectivity index (χ4v) is 1.96. The molecule has 0 saturated heterocycles. The molecule has 0 amide bonds. The van der Waals surface area contributed by atoms with Gasteiger partial charge in [-0.25, -0.2) is 4.79 Å². The second kappa shape index (κ2) is 6.87. The second-order valence-electron chi connectivity index (χ2n) is 6.50. The van der Waals surface area contributed by atoms with Crippen LogP contribution in [0.4, 0.5) is 0 Å². The number of carbonyl (C=O) groups is 1. The van der Waals surface area contributed by atoms with Gasteiger partial charge in [0.15, 0.2) is 0 Å². The molecule has 0 radical (unpaired) electrons. The normalized spacial score (nSPS) is 11.8. The second-order valence-corrected chi connectivity index (χ2v) is 6.50. The Bertz CT molecular complexity index is 459. The summed E-state index contributed by atoms with van der Waals surface area (Å²) in [5.41, 5.74) is 2.01. The summed E-state index contributed by atoms with van der Waals surface area (Å²) in [7, 11) is 0. The van der Waals surface area contributed by atoms with E-state index in [1.165, 1.54) is 0 Å². The number of rotatable bonds is 5. The smallest absolute Gasteiger partial charge is 0.340 e. The summed E-state index contributed by atoms with van der Waals surface area (Å²) in [5.74, 6) is -0.0742. The molecule has 0 atom stereocenters. The highest BCUT2D eigenvalue weighted by molar-refractivity contribution is 5.91. The lowest BCUT2D eigenvalue weighted by Crippen LogP contribution is -2.25. The predicted octanol–water partition coefficient (Wildman–Crippen LogP) is 4.50. The van der Waals surface area contributed by atoms with E-state index >= 15 is 0 Å². The van der Waals surface area contributed by atoms with Gasteiger partial charge in [0.25, 0.3) is 0 Å². The zero-order valence-corrected chi connectivity index (χ0v) is 13.6. The minimum atomic E-state index is -0.480. The number of nitrogens with zero attached hydrogens (tertiary/aromatic N) is 1. The number of hydrogen-bond acceptors (Lipinski definition) is 3. The molecule has 3 heteroatoms. The van der Waals surface area contributed by atoms with Crippen LogP contribution in [-0.4, -0.2) is 16.6 Å². The zero-order chi connectivity index (χ0) is 15.3. The maximum atomic E-state index is 12.2. The van der Waals surface area contributed by atoms with Gasteiger partial charge in [-0.1, -0.05) is 27.2 Å². The van der Waals surface area contributed by atoms with Gasteiger partial charge in [0.1, 0.15) is 5.60 Å². The van der Waals surface area contributed by atoms with Crippen LogP contribution in [0.15, 0.2) is 12.1 Å². The molecule has 0 bridgehead atoms. The van der Waals surface area contributed by atoms with Gasteiger partial charge >= 0.3 is 5.97 Å². The molecule has 20 heavy (non-hydrogen) atoms. The Morgan fingerprint density at radius 1 is 1.30 bits per heavy atom. The summed E-state index contributed by atoms with van der Waals surface area (Å²) in [4.78, 5) is 16.9. The van der Waals surface area contributed by atoms with E-state index in [0.29, 0.717) is 5.56 Å². The molecule has 0 aliphatic rings. The van der Waals surface area contributed by atoms with Crippen molar-refractivity contribution in [2.75, 3.05) is 0 Å². The fraction of sp³-hybridized carbons (Fsp3) is 0.647. The van der Waals surface area contributed by atoms with Gasteiger partial charge in [0.05, 0.1) is 11.3 Å². The molecule has 1 aromatic heterocycles. The molecule has 1 rings (SSSR count). The van der Waals surface area contributed by atoms with Crippen molar-refractivity contribution in [1.82, 2.24) is 4.98 Å². The number of unbranched alkanes of at least 4 members (excludes halogenated alkanes) is 1. The van der Waals surface area contributed by atoms with Crippen LogP contribution in [-0.2, 0) is 11.2 Å². The van der Waals surface area contributed by atoms with Crippen molar-refractivity contribution in [3.05, 3.63) is 29.1 Å². The quantitative estimate of drug-likeness (QED) is 0.744. The third-order valence-corrected chi connectivity index (χ3v) is 2.93. The lowest BCUT2D eigenvalue weighted by molar-refractivity contribution is 0.00673. The summed E-state index contributed by atoms with van der Waals surface area (Å²) in [6.07, 6.45) is 3.23. The van der Waals surface area contributed by atoms with Crippen LogP contribution in [0.3, 0.4) is 0 Å². The summed E-state index contributed by atoms with van der Waals surface area (Å²) < 4.78 is 5.46. The van der Waals surface area contributed by atoms with Gasteiger partial charge in [0, 0.05) is 5.69 Å². The van der Waals surface area contributed by atoms with Crippen molar-refractivity contribution in [1.29, 1.82) is 0 Å². The monoisotopic (exact) mass is 277 g/mol. The highest BCUT2D eigenvalue weighted by Gasteiger charge is 2.22. The maximum Gasteiger partial charge on any atom is 0.340 e. The van der Waals surface area contributed by atoms with Crippen molar-refractivity contribution < 1.29 is 9.53 Å². The van der Waals surface area contributed by atoms with E-state index in [1.54, 1.807) is 0 Å². The molecule has 0 aliphatic heterocycles. The summed E-state index contributed by atoms with van der Waals surface area (Å²) >= 11 is 0. The number of carbonyl (C=O) groups excluding carboxylic acids is 1. The van der Waals surface area contributed by atoms with E-state index < -0.39 is 5.60 Å². The van der Waals surface area contributed by atoms with Gasteiger partial charge < -0.3 is 4.74 Å². The minimum absolute atomic E-state index is 0.207. The molecule has 112 valence electrons. The number of aromatic nitrogens is 1. The van der Waals surface area contributed by atoms with Crippen LogP contribution in [0.5, 0.6) is 0 Å². The molecule has 0 aromatic carbocycles.